The molecule has 3 rings (SSSR count). The molecule has 6 nitrogen and oxygen atoms in total. The molecule has 8 heteroatoms. The molecule has 164 valence electrons. The van der Waals surface area contributed by atoms with E-state index in [1.807, 2.05) is 44.2 Å². The lowest BCUT2D eigenvalue weighted by Crippen LogP contribution is -2.53. The van der Waals surface area contributed by atoms with Gasteiger partial charge in [-0.25, -0.2) is 4.79 Å². The maximum Gasteiger partial charge on any atom is 0.315 e. The van der Waals surface area contributed by atoms with Crippen LogP contribution >= 0.6 is 23.2 Å². The van der Waals surface area contributed by atoms with Crippen LogP contribution in [-0.4, -0.2) is 49.7 Å². The Balaban J connectivity index is 1.81. The molecule has 2 N–H and O–H groups in total. The van der Waals surface area contributed by atoms with Crippen LogP contribution in [0.25, 0.3) is 0 Å². The predicted molar refractivity (Wildman–Crippen MR) is 126 cm³/mol. The Hall–Kier alpha value is -2.46. The van der Waals surface area contributed by atoms with Crippen LogP contribution in [0.1, 0.15) is 31.0 Å². The smallest absolute Gasteiger partial charge is 0.315 e. The van der Waals surface area contributed by atoms with Gasteiger partial charge in [0, 0.05) is 43.8 Å². The lowest BCUT2D eigenvalue weighted by Gasteiger charge is -2.44. The van der Waals surface area contributed by atoms with Crippen LogP contribution in [0.3, 0.4) is 0 Å². The SMILES string of the molecule is CCNC(=O)N[C@@H](C)CN1CCN(c2ccc(C#N)cc2Cl)[C@H](c2ccc(Cl)cc2)C1. The van der Waals surface area contributed by atoms with Crippen molar-refractivity contribution in [3.8, 4) is 6.07 Å². The van der Waals surface area contributed by atoms with E-state index in [1.165, 1.54) is 0 Å². The molecule has 0 aromatic heterocycles. The van der Waals surface area contributed by atoms with E-state index in [9.17, 15) is 4.79 Å². The summed E-state index contributed by atoms with van der Waals surface area (Å²) in [4.78, 5) is 16.5. The first kappa shape index (κ1) is 23.2. The number of piperazine rings is 1. The lowest BCUT2D eigenvalue weighted by atomic mass is 10.0. The highest BCUT2D eigenvalue weighted by atomic mass is 35.5. The first-order valence-electron chi connectivity index (χ1n) is 10.4. The number of carbonyl (C=O) groups is 1. The number of rotatable bonds is 6. The summed E-state index contributed by atoms with van der Waals surface area (Å²) < 4.78 is 0. The van der Waals surface area contributed by atoms with Gasteiger partial charge in [-0.1, -0.05) is 35.3 Å². The summed E-state index contributed by atoms with van der Waals surface area (Å²) >= 11 is 12.7. The second-order valence-electron chi connectivity index (χ2n) is 7.70. The molecule has 1 saturated heterocycles. The molecule has 1 aliphatic heterocycles. The first-order chi connectivity index (χ1) is 14.9. The minimum Gasteiger partial charge on any atom is -0.361 e. The van der Waals surface area contributed by atoms with Crippen LogP contribution in [-0.2, 0) is 0 Å². The molecule has 1 aliphatic rings. The summed E-state index contributed by atoms with van der Waals surface area (Å²) in [5.41, 5.74) is 2.59. The molecule has 0 aliphatic carbocycles. The van der Waals surface area contributed by atoms with Crippen molar-refractivity contribution in [3.63, 3.8) is 0 Å². The van der Waals surface area contributed by atoms with Gasteiger partial charge in [0.25, 0.3) is 0 Å². The van der Waals surface area contributed by atoms with Crippen LogP contribution in [0.2, 0.25) is 10.0 Å². The summed E-state index contributed by atoms with van der Waals surface area (Å²) in [6, 6.07) is 15.4. The van der Waals surface area contributed by atoms with E-state index in [4.69, 9.17) is 28.5 Å². The quantitative estimate of drug-likeness (QED) is 0.669. The molecule has 1 fully saturated rings. The third kappa shape index (κ3) is 6.04. The van der Waals surface area contributed by atoms with E-state index >= 15 is 0 Å². The van der Waals surface area contributed by atoms with Crippen LogP contribution in [0.4, 0.5) is 10.5 Å². The number of amides is 2. The normalized spacial score (nSPS) is 17.6. The summed E-state index contributed by atoms with van der Waals surface area (Å²) in [5, 5.41) is 16.2. The number of benzene rings is 2. The van der Waals surface area contributed by atoms with Crippen molar-refractivity contribution >= 4 is 34.9 Å². The van der Waals surface area contributed by atoms with Gasteiger partial charge in [0.1, 0.15) is 0 Å². The molecule has 0 bridgehead atoms. The Kier molecular flexibility index (Phi) is 8.03. The topological polar surface area (TPSA) is 71.4 Å². The average Bonchev–Trinajstić information content (AvgIpc) is 2.74. The van der Waals surface area contributed by atoms with E-state index < -0.39 is 0 Å². The Morgan fingerprint density at radius 2 is 1.97 bits per heavy atom. The van der Waals surface area contributed by atoms with E-state index in [-0.39, 0.29) is 18.1 Å². The zero-order valence-corrected chi connectivity index (χ0v) is 19.2. The van der Waals surface area contributed by atoms with Crippen molar-refractivity contribution in [2.75, 3.05) is 37.6 Å². The van der Waals surface area contributed by atoms with Crippen molar-refractivity contribution < 1.29 is 4.79 Å². The maximum absolute atomic E-state index is 11.8. The fourth-order valence-corrected chi connectivity index (χ4v) is 4.36. The van der Waals surface area contributed by atoms with Gasteiger partial charge < -0.3 is 15.5 Å². The van der Waals surface area contributed by atoms with Gasteiger partial charge >= 0.3 is 6.03 Å². The summed E-state index contributed by atoms with van der Waals surface area (Å²) in [6.07, 6.45) is 0. The molecule has 2 atom stereocenters. The highest BCUT2D eigenvalue weighted by Gasteiger charge is 2.30. The minimum absolute atomic E-state index is 0.0162. The van der Waals surface area contributed by atoms with Crippen molar-refractivity contribution in [2.24, 2.45) is 0 Å². The molecule has 31 heavy (non-hydrogen) atoms. The molecule has 2 aromatic carbocycles. The minimum atomic E-state index is -0.146. The predicted octanol–water partition coefficient (Wildman–Crippen LogP) is 4.44. The highest BCUT2D eigenvalue weighted by Crippen LogP contribution is 2.36. The van der Waals surface area contributed by atoms with Crippen LogP contribution in [0.5, 0.6) is 0 Å². The number of nitrogens with zero attached hydrogens (tertiary/aromatic N) is 3. The number of carbonyl (C=O) groups excluding carboxylic acids is 1. The van der Waals surface area contributed by atoms with E-state index in [0.717, 1.165) is 37.4 Å². The third-order valence-corrected chi connectivity index (χ3v) is 5.91. The molecule has 0 unspecified atom stereocenters. The van der Waals surface area contributed by atoms with E-state index in [1.54, 1.807) is 12.1 Å². The highest BCUT2D eigenvalue weighted by molar-refractivity contribution is 6.33. The fourth-order valence-electron chi connectivity index (χ4n) is 3.94. The number of urea groups is 1. The van der Waals surface area contributed by atoms with Gasteiger partial charge in [-0.2, -0.15) is 5.26 Å². The molecular weight excluding hydrogens is 433 g/mol. The summed E-state index contributed by atoms with van der Waals surface area (Å²) in [7, 11) is 0. The number of halogens is 2. The molecule has 2 aromatic rings. The zero-order chi connectivity index (χ0) is 22.4. The van der Waals surface area contributed by atoms with Gasteiger partial charge in [0.15, 0.2) is 0 Å². The van der Waals surface area contributed by atoms with E-state index in [2.05, 4.69) is 26.5 Å². The van der Waals surface area contributed by atoms with Crippen molar-refractivity contribution in [1.82, 2.24) is 15.5 Å². The molecule has 1 heterocycles. The Morgan fingerprint density at radius 3 is 2.61 bits per heavy atom. The Morgan fingerprint density at radius 1 is 1.23 bits per heavy atom. The zero-order valence-electron chi connectivity index (χ0n) is 17.7. The van der Waals surface area contributed by atoms with Gasteiger partial charge in [-0.3, -0.25) is 4.90 Å². The average molecular weight is 460 g/mol. The standard InChI is InChI=1S/C23H27Cl2N5O/c1-3-27-23(31)28-16(2)14-29-10-11-30(21-9-4-17(13-26)12-20(21)25)22(15-29)18-5-7-19(24)8-6-18/h4-9,12,16,22H,3,10-11,14-15H2,1-2H3,(H2,27,28,31)/t16-,22-/m0/s1. The third-order valence-electron chi connectivity index (χ3n) is 5.35. The first-order valence-corrected chi connectivity index (χ1v) is 11.1. The molecule has 2 amide bonds. The number of hydrogen-bond acceptors (Lipinski definition) is 4. The van der Waals surface area contributed by atoms with Gasteiger partial charge in [0.2, 0.25) is 0 Å². The van der Waals surface area contributed by atoms with Crippen LogP contribution < -0.4 is 15.5 Å². The Labute approximate surface area is 193 Å². The number of anilines is 1. The van der Waals surface area contributed by atoms with Crippen molar-refractivity contribution in [1.29, 1.82) is 5.26 Å². The molecular formula is C23H27Cl2N5O. The number of nitrogens with one attached hydrogen (secondary N) is 2. The Bertz CT molecular complexity index is 944. The largest absolute Gasteiger partial charge is 0.361 e. The fraction of sp³-hybridized carbons (Fsp3) is 0.391. The van der Waals surface area contributed by atoms with Gasteiger partial charge in [-0.05, 0) is 49.7 Å². The molecule has 0 saturated carbocycles. The number of nitriles is 1. The summed E-state index contributed by atoms with van der Waals surface area (Å²) in [5.74, 6) is 0. The van der Waals surface area contributed by atoms with Crippen molar-refractivity contribution in [2.45, 2.75) is 25.9 Å². The molecule has 0 radical (unpaired) electrons. The van der Waals surface area contributed by atoms with Gasteiger partial charge in [0.05, 0.1) is 28.4 Å². The lowest BCUT2D eigenvalue weighted by molar-refractivity contribution is 0.200. The van der Waals surface area contributed by atoms with Crippen LogP contribution in [0.15, 0.2) is 42.5 Å². The van der Waals surface area contributed by atoms with Crippen molar-refractivity contribution in [3.05, 3.63) is 63.6 Å². The monoisotopic (exact) mass is 459 g/mol. The molecule has 0 spiro atoms. The second-order valence-corrected chi connectivity index (χ2v) is 8.55. The maximum atomic E-state index is 11.8. The number of hydrogen-bond donors (Lipinski definition) is 2. The van der Waals surface area contributed by atoms with E-state index in [0.29, 0.717) is 22.2 Å². The second kappa shape index (κ2) is 10.7. The van der Waals surface area contributed by atoms with Crippen LogP contribution in [0, 0.1) is 11.3 Å². The van der Waals surface area contributed by atoms with Gasteiger partial charge in [-0.15, -0.1) is 0 Å². The summed E-state index contributed by atoms with van der Waals surface area (Å²) in [6.45, 7) is 7.64.